The zero-order chi connectivity index (χ0) is 11.4. The van der Waals surface area contributed by atoms with Gasteiger partial charge in [-0.1, -0.05) is 6.07 Å². The average molecular weight is 234 g/mol. The molecule has 0 bridgehead atoms. The van der Waals surface area contributed by atoms with E-state index in [0.29, 0.717) is 0 Å². The SMILES string of the molecule is COc1ccc(CSC)c(-n2ccnc2)c1. The molecule has 0 fully saturated rings. The molecule has 0 saturated carbocycles. The lowest BCUT2D eigenvalue weighted by Crippen LogP contribution is -1.97. The summed E-state index contributed by atoms with van der Waals surface area (Å²) in [4.78, 5) is 4.07. The van der Waals surface area contributed by atoms with Crippen LogP contribution in [0.25, 0.3) is 5.69 Å². The number of hydrogen-bond acceptors (Lipinski definition) is 3. The molecule has 2 aromatic rings. The molecule has 0 spiro atoms. The Labute approximate surface area is 99.5 Å². The highest BCUT2D eigenvalue weighted by atomic mass is 32.2. The molecule has 0 N–H and O–H groups in total. The molecule has 1 aromatic heterocycles. The highest BCUT2D eigenvalue weighted by Crippen LogP contribution is 2.24. The predicted octanol–water partition coefficient (Wildman–Crippen LogP) is 2.74. The van der Waals surface area contributed by atoms with Crippen molar-refractivity contribution < 1.29 is 4.74 Å². The maximum atomic E-state index is 5.25. The van der Waals surface area contributed by atoms with Crippen molar-refractivity contribution in [3.8, 4) is 11.4 Å². The maximum Gasteiger partial charge on any atom is 0.120 e. The standard InChI is InChI=1S/C12H14N2OS/c1-15-11-4-3-10(8-16-2)12(7-11)14-6-5-13-9-14/h3-7,9H,8H2,1-2H3. The lowest BCUT2D eigenvalue weighted by molar-refractivity contribution is 0.414. The Morgan fingerprint density at radius 3 is 2.94 bits per heavy atom. The zero-order valence-electron chi connectivity index (χ0n) is 9.38. The first kappa shape index (κ1) is 11.1. The van der Waals surface area contributed by atoms with E-state index in [1.165, 1.54) is 5.56 Å². The summed E-state index contributed by atoms with van der Waals surface area (Å²) in [6.07, 6.45) is 7.63. The molecule has 4 heteroatoms. The van der Waals surface area contributed by atoms with Gasteiger partial charge in [0.25, 0.3) is 0 Å². The quantitative estimate of drug-likeness (QED) is 0.814. The molecule has 0 aliphatic carbocycles. The molecule has 0 radical (unpaired) electrons. The second kappa shape index (κ2) is 5.07. The fourth-order valence-corrected chi connectivity index (χ4v) is 2.15. The number of imidazole rings is 1. The Morgan fingerprint density at radius 1 is 1.44 bits per heavy atom. The molecule has 0 aliphatic heterocycles. The Kier molecular flexibility index (Phi) is 3.51. The van der Waals surface area contributed by atoms with Gasteiger partial charge >= 0.3 is 0 Å². The Morgan fingerprint density at radius 2 is 2.31 bits per heavy atom. The highest BCUT2D eigenvalue weighted by molar-refractivity contribution is 7.97. The Hall–Kier alpha value is -1.42. The average Bonchev–Trinajstić information content (AvgIpc) is 2.83. The van der Waals surface area contributed by atoms with E-state index in [4.69, 9.17) is 4.74 Å². The van der Waals surface area contributed by atoms with E-state index in [1.807, 2.05) is 22.9 Å². The van der Waals surface area contributed by atoms with Gasteiger partial charge in [0, 0.05) is 24.2 Å². The van der Waals surface area contributed by atoms with Crippen molar-refractivity contribution in [1.29, 1.82) is 0 Å². The molecule has 0 amide bonds. The van der Waals surface area contributed by atoms with Gasteiger partial charge < -0.3 is 9.30 Å². The highest BCUT2D eigenvalue weighted by Gasteiger charge is 2.05. The third kappa shape index (κ3) is 2.22. The first-order chi connectivity index (χ1) is 7.85. The van der Waals surface area contributed by atoms with Gasteiger partial charge in [0.2, 0.25) is 0 Å². The van der Waals surface area contributed by atoms with Gasteiger partial charge in [-0.25, -0.2) is 4.98 Å². The van der Waals surface area contributed by atoms with Crippen molar-refractivity contribution in [3.63, 3.8) is 0 Å². The van der Waals surface area contributed by atoms with E-state index in [1.54, 1.807) is 31.4 Å². The van der Waals surface area contributed by atoms with Gasteiger partial charge in [0.1, 0.15) is 5.75 Å². The van der Waals surface area contributed by atoms with Crippen LogP contribution in [0.1, 0.15) is 5.56 Å². The zero-order valence-corrected chi connectivity index (χ0v) is 10.2. The summed E-state index contributed by atoms with van der Waals surface area (Å²) >= 11 is 1.81. The van der Waals surface area contributed by atoms with Crippen LogP contribution in [0.5, 0.6) is 5.75 Å². The lowest BCUT2D eigenvalue weighted by Gasteiger charge is -2.11. The summed E-state index contributed by atoms with van der Waals surface area (Å²) < 4.78 is 7.25. The van der Waals surface area contributed by atoms with Gasteiger partial charge in [-0.15, -0.1) is 0 Å². The number of thioether (sulfide) groups is 1. The number of rotatable bonds is 4. The van der Waals surface area contributed by atoms with Crippen molar-refractivity contribution in [2.45, 2.75) is 5.75 Å². The third-order valence-corrected chi connectivity index (χ3v) is 2.97. The number of methoxy groups -OCH3 is 1. The normalized spacial score (nSPS) is 10.4. The van der Waals surface area contributed by atoms with Crippen LogP contribution >= 0.6 is 11.8 Å². The fraction of sp³-hybridized carbons (Fsp3) is 0.250. The summed E-state index contributed by atoms with van der Waals surface area (Å²) in [5.41, 5.74) is 2.41. The monoisotopic (exact) mass is 234 g/mol. The third-order valence-electron chi connectivity index (χ3n) is 2.37. The van der Waals surface area contributed by atoms with Crippen molar-refractivity contribution >= 4 is 11.8 Å². The van der Waals surface area contributed by atoms with Gasteiger partial charge in [-0.3, -0.25) is 0 Å². The van der Waals surface area contributed by atoms with Crippen molar-refractivity contribution in [2.75, 3.05) is 13.4 Å². The predicted molar refractivity (Wildman–Crippen MR) is 67.3 cm³/mol. The minimum Gasteiger partial charge on any atom is -0.497 e. The van der Waals surface area contributed by atoms with E-state index in [0.717, 1.165) is 17.2 Å². The van der Waals surface area contributed by atoms with Gasteiger partial charge in [-0.2, -0.15) is 11.8 Å². The number of benzene rings is 1. The van der Waals surface area contributed by atoms with Crippen molar-refractivity contribution in [2.24, 2.45) is 0 Å². The Bertz CT molecular complexity index is 454. The summed E-state index contributed by atoms with van der Waals surface area (Å²) in [5, 5.41) is 0. The van der Waals surface area contributed by atoms with Crippen LogP contribution in [-0.2, 0) is 5.75 Å². The van der Waals surface area contributed by atoms with Crippen LogP contribution in [-0.4, -0.2) is 22.9 Å². The minimum absolute atomic E-state index is 0.869. The van der Waals surface area contributed by atoms with Crippen LogP contribution < -0.4 is 4.74 Å². The fourth-order valence-electron chi connectivity index (χ4n) is 1.59. The van der Waals surface area contributed by atoms with Crippen LogP contribution in [0.15, 0.2) is 36.9 Å². The first-order valence-corrected chi connectivity index (χ1v) is 6.38. The Balaban J connectivity index is 2.46. The number of aromatic nitrogens is 2. The first-order valence-electron chi connectivity index (χ1n) is 4.99. The van der Waals surface area contributed by atoms with Crippen LogP contribution in [0.3, 0.4) is 0 Å². The molecular formula is C12H14N2OS. The van der Waals surface area contributed by atoms with E-state index < -0.39 is 0 Å². The summed E-state index contributed by atoms with van der Waals surface area (Å²) in [6, 6.07) is 6.13. The molecule has 1 aromatic carbocycles. The molecule has 0 saturated heterocycles. The summed E-state index contributed by atoms with van der Waals surface area (Å²) in [7, 11) is 1.68. The number of hydrogen-bond donors (Lipinski definition) is 0. The van der Waals surface area contributed by atoms with Crippen LogP contribution in [0, 0.1) is 0 Å². The smallest absolute Gasteiger partial charge is 0.120 e. The topological polar surface area (TPSA) is 27.1 Å². The van der Waals surface area contributed by atoms with E-state index >= 15 is 0 Å². The number of ether oxygens (including phenoxy) is 1. The van der Waals surface area contributed by atoms with E-state index in [2.05, 4.69) is 17.3 Å². The second-order valence-electron chi connectivity index (χ2n) is 3.40. The van der Waals surface area contributed by atoms with Crippen LogP contribution in [0.2, 0.25) is 0 Å². The summed E-state index contributed by atoms with van der Waals surface area (Å²) in [6.45, 7) is 0. The lowest BCUT2D eigenvalue weighted by atomic mass is 10.2. The molecule has 1 heterocycles. The number of nitrogens with zero attached hydrogens (tertiary/aromatic N) is 2. The second-order valence-corrected chi connectivity index (χ2v) is 4.26. The molecule has 0 atom stereocenters. The van der Waals surface area contributed by atoms with Crippen molar-refractivity contribution in [1.82, 2.24) is 9.55 Å². The molecule has 16 heavy (non-hydrogen) atoms. The van der Waals surface area contributed by atoms with Gasteiger partial charge in [0.15, 0.2) is 0 Å². The van der Waals surface area contributed by atoms with Crippen LogP contribution in [0.4, 0.5) is 0 Å². The van der Waals surface area contributed by atoms with Gasteiger partial charge in [0.05, 0.1) is 19.1 Å². The summed E-state index contributed by atoms with van der Waals surface area (Å²) in [5.74, 6) is 1.85. The molecule has 3 nitrogen and oxygen atoms in total. The largest absolute Gasteiger partial charge is 0.497 e. The van der Waals surface area contributed by atoms with E-state index in [-0.39, 0.29) is 0 Å². The van der Waals surface area contributed by atoms with E-state index in [9.17, 15) is 0 Å². The maximum absolute atomic E-state index is 5.25. The molecule has 0 unspecified atom stereocenters. The van der Waals surface area contributed by atoms with Gasteiger partial charge in [-0.05, 0) is 17.9 Å². The molecule has 0 aliphatic rings. The molecule has 2 rings (SSSR count). The molecular weight excluding hydrogens is 220 g/mol. The minimum atomic E-state index is 0.869. The molecule has 84 valence electrons. The van der Waals surface area contributed by atoms with Crippen molar-refractivity contribution in [3.05, 3.63) is 42.5 Å².